The Morgan fingerprint density at radius 1 is 1.62 bits per heavy atom. The third-order valence-electron chi connectivity index (χ3n) is 1.86. The average molecular weight is 205 g/mol. The van der Waals surface area contributed by atoms with Crippen LogP contribution in [0.15, 0.2) is 11.6 Å². The van der Waals surface area contributed by atoms with Gasteiger partial charge in [-0.2, -0.15) is 0 Å². The lowest BCUT2D eigenvalue weighted by atomic mass is 10.0. The maximum atomic E-state index is 10.9. The van der Waals surface area contributed by atoms with Crippen LogP contribution in [0.2, 0.25) is 0 Å². The molecule has 0 saturated carbocycles. The standard InChI is InChI=1S/C10H17ClO2/c1-4-13-10(12)7-5-6-8(2)9(3)11/h8H,3-7H2,1-2H3. The van der Waals surface area contributed by atoms with Crippen molar-refractivity contribution in [3.05, 3.63) is 11.6 Å². The van der Waals surface area contributed by atoms with E-state index in [1.165, 1.54) is 0 Å². The van der Waals surface area contributed by atoms with Crippen LogP contribution in [0.25, 0.3) is 0 Å². The van der Waals surface area contributed by atoms with E-state index in [2.05, 4.69) is 6.58 Å². The van der Waals surface area contributed by atoms with Gasteiger partial charge >= 0.3 is 5.97 Å². The van der Waals surface area contributed by atoms with Crippen molar-refractivity contribution < 1.29 is 9.53 Å². The maximum Gasteiger partial charge on any atom is 0.305 e. The van der Waals surface area contributed by atoms with Crippen molar-refractivity contribution in [3.8, 4) is 0 Å². The lowest BCUT2D eigenvalue weighted by Gasteiger charge is -2.08. The molecule has 2 nitrogen and oxygen atoms in total. The molecule has 0 heterocycles. The molecule has 0 aromatic heterocycles. The summed E-state index contributed by atoms with van der Waals surface area (Å²) in [5.41, 5.74) is 0. The van der Waals surface area contributed by atoms with Gasteiger partial charge in [0.05, 0.1) is 6.61 Å². The molecular formula is C10H17ClO2. The Morgan fingerprint density at radius 2 is 2.23 bits per heavy atom. The van der Waals surface area contributed by atoms with E-state index in [0.29, 0.717) is 18.1 Å². The average Bonchev–Trinajstić information content (AvgIpc) is 2.04. The number of esters is 1. The molecule has 0 rings (SSSR count). The van der Waals surface area contributed by atoms with Crippen molar-refractivity contribution in [2.24, 2.45) is 5.92 Å². The third-order valence-corrected chi connectivity index (χ3v) is 2.23. The van der Waals surface area contributed by atoms with E-state index in [4.69, 9.17) is 16.3 Å². The SMILES string of the molecule is C=C(Cl)C(C)CCCC(=O)OCC. The van der Waals surface area contributed by atoms with E-state index in [9.17, 15) is 4.79 Å². The summed E-state index contributed by atoms with van der Waals surface area (Å²) in [6.45, 7) is 7.90. The Morgan fingerprint density at radius 3 is 2.69 bits per heavy atom. The summed E-state index contributed by atoms with van der Waals surface area (Å²) in [6, 6.07) is 0. The summed E-state index contributed by atoms with van der Waals surface area (Å²) in [5.74, 6) is 0.144. The van der Waals surface area contributed by atoms with E-state index >= 15 is 0 Å². The number of halogens is 1. The molecule has 0 radical (unpaired) electrons. The van der Waals surface area contributed by atoms with Crippen molar-refractivity contribution >= 4 is 17.6 Å². The lowest BCUT2D eigenvalue weighted by molar-refractivity contribution is -0.143. The zero-order valence-electron chi connectivity index (χ0n) is 8.31. The van der Waals surface area contributed by atoms with Crippen LogP contribution in [0.1, 0.15) is 33.1 Å². The first-order chi connectivity index (χ1) is 6.07. The van der Waals surface area contributed by atoms with Gasteiger partial charge in [0.15, 0.2) is 0 Å². The van der Waals surface area contributed by atoms with Crippen LogP contribution >= 0.6 is 11.6 Å². The molecular weight excluding hydrogens is 188 g/mol. The number of hydrogen-bond acceptors (Lipinski definition) is 2. The third kappa shape index (κ3) is 6.64. The van der Waals surface area contributed by atoms with Crippen LogP contribution in [0.4, 0.5) is 0 Å². The smallest absolute Gasteiger partial charge is 0.305 e. The molecule has 13 heavy (non-hydrogen) atoms. The van der Waals surface area contributed by atoms with Gasteiger partial charge in [0.25, 0.3) is 0 Å². The second kappa shape index (κ2) is 6.96. The van der Waals surface area contributed by atoms with E-state index in [1.807, 2.05) is 6.92 Å². The van der Waals surface area contributed by atoms with Crippen molar-refractivity contribution in [2.75, 3.05) is 6.61 Å². The van der Waals surface area contributed by atoms with Gasteiger partial charge in [-0.1, -0.05) is 25.1 Å². The van der Waals surface area contributed by atoms with Gasteiger partial charge in [0, 0.05) is 11.5 Å². The molecule has 3 heteroatoms. The highest BCUT2D eigenvalue weighted by Gasteiger charge is 2.06. The van der Waals surface area contributed by atoms with Crippen LogP contribution in [-0.2, 0) is 9.53 Å². The van der Waals surface area contributed by atoms with Crippen LogP contribution < -0.4 is 0 Å². The van der Waals surface area contributed by atoms with Gasteiger partial charge in [-0.15, -0.1) is 0 Å². The predicted molar refractivity (Wildman–Crippen MR) is 54.6 cm³/mol. The van der Waals surface area contributed by atoms with Gasteiger partial charge in [0.1, 0.15) is 0 Å². The molecule has 0 aromatic carbocycles. The summed E-state index contributed by atoms with van der Waals surface area (Å²) in [4.78, 5) is 10.9. The fourth-order valence-corrected chi connectivity index (χ4v) is 1.05. The van der Waals surface area contributed by atoms with Crippen molar-refractivity contribution in [3.63, 3.8) is 0 Å². The van der Waals surface area contributed by atoms with Gasteiger partial charge in [-0.25, -0.2) is 0 Å². The Kier molecular flexibility index (Phi) is 6.69. The molecule has 0 saturated heterocycles. The number of carbonyl (C=O) groups excluding carboxylic acids is 1. The molecule has 0 aliphatic heterocycles. The topological polar surface area (TPSA) is 26.3 Å². The lowest BCUT2D eigenvalue weighted by Crippen LogP contribution is -2.04. The number of allylic oxidation sites excluding steroid dienone is 1. The van der Waals surface area contributed by atoms with Crippen molar-refractivity contribution in [1.29, 1.82) is 0 Å². The molecule has 0 bridgehead atoms. The second-order valence-corrected chi connectivity index (χ2v) is 3.53. The molecule has 0 fully saturated rings. The summed E-state index contributed by atoms with van der Waals surface area (Å²) < 4.78 is 4.79. The normalized spacial score (nSPS) is 12.2. The highest BCUT2D eigenvalue weighted by atomic mass is 35.5. The van der Waals surface area contributed by atoms with E-state index in [-0.39, 0.29) is 11.9 Å². The first-order valence-electron chi connectivity index (χ1n) is 4.57. The Hall–Kier alpha value is -0.500. The summed E-state index contributed by atoms with van der Waals surface area (Å²) >= 11 is 5.69. The Bertz CT molecular complexity index is 178. The predicted octanol–water partition coefficient (Wildman–Crippen LogP) is 3.11. The first kappa shape index (κ1) is 12.5. The van der Waals surface area contributed by atoms with E-state index in [1.54, 1.807) is 6.92 Å². The monoisotopic (exact) mass is 204 g/mol. The molecule has 1 atom stereocenters. The summed E-state index contributed by atoms with van der Waals surface area (Å²) in [6.07, 6.45) is 2.18. The molecule has 0 spiro atoms. The molecule has 76 valence electrons. The van der Waals surface area contributed by atoms with Gasteiger partial charge in [-0.05, 0) is 25.7 Å². The highest BCUT2D eigenvalue weighted by molar-refractivity contribution is 6.29. The van der Waals surface area contributed by atoms with Gasteiger partial charge < -0.3 is 4.74 Å². The second-order valence-electron chi connectivity index (χ2n) is 3.05. The van der Waals surface area contributed by atoms with Gasteiger partial charge in [-0.3, -0.25) is 4.79 Å². The minimum atomic E-state index is -0.130. The molecule has 0 aliphatic carbocycles. The highest BCUT2D eigenvalue weighted by Crippen LogP contribution is 2.18. The largest absolute Gasteiger partial charge is 0.466 e. The maximum absolute atomic E-state index is 10.9. The van der Waals surface area contributed by atoms with Crippen LogP contribution in [-0.4, -0.2) is 12.6 Å². The fourth-order valence-electron chi connectivity index (χ4n) is 0.942. The molecule has 0 amide bonds. The van der Waals surface area contributed by atoms with Crippen LogP contribution in [0.5, 0.6) is 0 Å². The van der Waals surface area contributed by atoms with E-state index in [0.717, 1.165) is 12.8 Å². The molecule has 0 N–H and O–H groups in total. The van der Waals surface area contributed by atoms with Gasteiger partial charge in [0.2, 0.25) is 0 Å². The minimum Gasteiger partial charge on any atom is -0.466 e. The van der Waals surface area contributed by atoms with Crippen molar-refractivity contribution in [2.45, 2.75) is 33.1 Å². The summed E-state index contributed by atoms with van der Waals surface area (Å²) in [7, 11) is 0. The number of ether oxygens (including phenoxy) is 1. The zero-order valence-corrected chi connectivity index (χ0v) is 9.06. The quantitative estimate of drug-likeness (QED) is 0.622. The molecule has 0 aromatic rings. The minimum absolute atomic E-state index is 0.130. The first-order valence-corrected chi connectivity index (χ1v) is 4.95. The Labute approximate surface area is 84.9 Å². The van der Waals surface area contributed by atoms with E-state index < -0.39 is 0 Å². The summed E-state index contributed by atoms with van der Waals surface area (Å²) in [5, 5.41) is 0.656. The zero-order chi connectivity index (χ0) is 10.3. The van der Waals surface area contributed by atoms with Crippen molar-refractivity contribution in [1.82, 2.24) is 0 Å². The number of hydrogen-bond donors (Lipinski definition) is 0. The van der Waals surface area contributed by atoms with Crippen LogP contribution in [0, 0.1) is 5.92 Å². The fraction of sp³-hybridized carbons (Fsp3) is 0.700. The molecule has 0 aliphatic rings. The molecule has 1 unspecified atom stereocenters. The number of carbonyl (C=O) groups is 1. The Balaban J connectivity index is 3.44. The number of rotatable bonds is 6. The van der Waals surface area contributed by atoms with Crippen LogP contribution in [0.3, 0.4) is 0 Å².